The van der Waals surface area contributed by atoms with Gasteiger partial charge in [-0.2, -0.15) is 0 Å². The third-order valence-electron chi connectivity index (χ3n) is 5.22. The van der Waals surface area contributed by atoms with Crippen molar-refractivity contribution in [3.63, 3.8) is 0 Å². The largest absolute Gasteiger partial charge is 0.322 e. The molecule has 2 aromatic carbocycles. The van der Waals surface area contributed by atoms with Crippen molar-refractivity contribution in [2.24, 2.45) is 5.92 Å². The minimum Gasteiger partial charge on any atom is -0.322 e. The van der Waals surface area contributed by atoms with Crippen LogP contribution in [0.5, 0.6) is 0 Å². The van der Waals surface area contributed by atoms with Crippen LogP contribution in [0.25, 0.3) is 0 Å². The number of amides is 1. The molecule has 0 heterocycles. The number of benzene rings is 2. The van der Waals surface area contributed by atoms with E-state index in [0.29, 0.717) is 18.6 Å². The van der Waals surface area contributed by atoms with Crippen LogP contribution in [0.4, 0.5) is 18.9 Å². The van der Waals surface area contributed by atoms with Crippen LogP contribution < -0.4 is 10.0 Å². The summed E-state index contributed by atoms with van der Waals surface area (Å²) >= 11 is 11.5. The summed E-state index contributed by atoms with van der Waals surface area (Å²) in [4.78, 5) is 11.8. The van der Waals surface area contributed by atoms with Crippen molar-refractivity contribution in [3.8, 4) is 0 Å². The second-order valence-electron chi connectivity index (χ2n) is 7.46. The first-order valence-electron chi connectivity index (χ1n) is 9.47. The molecule has 1 aliphatic carbocycles. The molecule has 168 valence electrons. The Morgan fingerprint density at radius 1 is 1.00 bits per heavy atom. The lowest BCUT2D eigenvalue weighted by Gasteiger charge is -2.29. The second kappa shape index (κ2) is 9.36. The van der Waals surface area contributed by atoms with Crippen LogP contribution in [0, 0.1) is 23.4 Å². The van der Waals surface area contributed by atoms with E-state index in [0.717, 1.165) is 31.4 Å². The van der Waals surface area contributed by atoms with Crippen molar-refractivity contribution in [1.29, 1.82) is 0 Å². The van der Waals surface area contributed by atoms with Gasteiger partial charge in [0.25, 0.3) is 5.91 Å². The Hall–Kier alpha value is -1.81. The molecule has 1 fully saturated rings. The number of halogens is 5. The van der Waals surface area contributed by atoms with Crippen LogP contribution in [0.2, 0.25) is 10.0 Å². The fourth-order valence-electron chi connectivity index (χ4n) is 3.49. The van der Waals surface area contributed by atoms with Crippen LogP contribution in [0.3, 0.4) is 0 Å². The lowest BCUT2D eigenvalue weighted by molar-refractivity contribution is 0.102. The number of hydrogen-bond acceptors (Lipinski definition) is 3. The van der Waals surface area contributed by atoms with Gasteiger partial charge in [0.05, 0.1) is 15.6 Å². The molecular formula is C20H19Cl2F3N2O3S. The van der Waals surface area contributed by atoms with Crippen molar-refractivity contribution < 1.29 is 26.4 Å². The molecule has 2 N–H and O–H groups in total. The molecule has 0 aliphatic heterocycles. The zero-order valence-corrected chi connectivity index (χ0v) is 18.6. The SMILES string of the molecule is CC1CCCCC1NS(=O)(=O)c1cc(C(=O)Nc2cc(F)c(F)c(Cl)c2)c(Cl)cc1F. The summed E-state index contributed by atoms with van der Waals surface area (Å²) in [6.45, 7) is 1.91. The van der Waals surface area contributed by atoms with Gasteiger partial charge >= 0.3 is 0 Å². The summed E-state index contributed by atoms with van der Waals surface area (Å²) in [6.07, 6.45) is 3.32. The molecule has 5 nitrogen and oxygen atoms in total. The van der Waals surface area contributed by atoms with E-state index in [2.05, 4.69) is 10.0 Å². The maximum atomic E-state index is 14.5. The molecule has 1 saturated carbocycles. The first-order valence-corrected chi connectivity index (χ1v) is 11.7. The van der Waals surface area contributed by atoms with Crippen LogP contribution in [-0.2, 0) is 10.0 Å². The molecule has 0 saturated heterocycles. The van der Waals surface area contributed by atoms with Crippen LogP contribution >= 0.6 is 23.2 Å². The predicted octanol–water partition coefficient (Wildman–Crippen LogP) is 5.52. The van der Waals surface area contributed by atoms with E-state index < -0.39 is 43.3 Å². The van der Waals surface area contributed by atoms with E-state index in [1.807, 2.05) is 6.92 Å². The van der Waals surface area contributed by atoms with Crippen molar-refractivity contribution >= 4 is 44.8 Å². The molecule has 0 radical (unpaired) electrons. The standard InChI is InChI=1S/C20H19Cl2F3N2O3S/c1-10-4-2-3-5-17(10)27-31(29,30)18-8-12(13(21)9-15(18)23)20(28)26-11-6-14(22)19(25)16(24)7-11/h6-10,17,27H,2-5H2,1H3,(H,26,28). The van der Waals surface area contributed by atoms with Crippen molar-refractivity contribution in [1.82, 2.24) is 4.72 Å². The number of sulfonamides is 1. The average Bonchev–Trinajstić information content (AvgIpc) is 2.67. The fourth-order valence-corrected chi connectivity index (χ4v) is 5.40. The van der Waals surface area contributed by atoms with Gasteiger partial charge in [-0.05, 0) is 37.0 Å². The number of nitrogens with one attached hydrogen (secondary N) is 2. The Balaban J connectivity index is 1.90. The van der Waals surface area contributed by atoms with Crippen molar-refractivity contribution in [3.05, 3.63) is 57.3 Å². The predicted molar refractivity (Wildman–Crippen MR) is 112 cm³/mol. The third kappa shape index (κ3) is 5.34. The number of carbonyl (C=O) groups excluding carboxylic acids is 1. The minimum absolute atomic E-state index is 0.0831. The van der Waals surface area contributed by atoms with E-state index in [1.54, 1.807) is 0 Å². The highest BCUT2D eigenvalue weighted by atomic mass is 35.5. The number of anilines is 1. The van der Waals surface area contributed by atoms with Gasteiger partial charge in [0.15, 0.2) is 11.6 Å². The van der Waals surface area contributed by atoms with Gasteiger partial charge < -0.3 is 5.32 Å². The molecule has 3 rings (SSSR count). The van der Waals surface area contributed by atoms with Gasteiger partial charge in [-0.25, -0.2) is 26.3 Å². The molecule has 1 amide bonds. The molecule has 31 heavy (non-hydrogen) atoms. The second-order valence-corrected chi connectivity index (χ2v) is 9.96. The summed E-state index contributed by atoms with van der Waals surface area (Å²) < 4.78 is 69.4. The quantitative estimate of drug-likeness (QED) is 0.537. The maximum Gasteiger partial charge on any atom is 0.257 e. The Morgan fingerprint density at radius 3 is 2.32 bits per heavy atom. The topological polar surface area (TPSA) is 75.3 Å². The third-order valence-corrected chi connectivity index (χ3v) is 7.31. The number of hydrogen-bond donors (Lipinski definition) is 2. The Labute approximate surface area is 188 Å². The zero-order chi connectivity index (χ0) is 22.9. The molecule has 1 aliphatic rings. The highest BCUT2D eigenvalue weighted by Gasteiger charge is 2.30. The smallest absolute Gasteiger partial charge is 0.257 e. The lowest BCUT2D eigenvalue weighted by Crippen LogP contribution is -2.41. The van der Waals surface area contributed by atoms with E-state index in [-0.39, 0.29) is 28.2 Å². The van der Waals surface area contributed by atoms with Crippen LogP contribution in [0.1, 0.15) is 43.0 Å². The van der Waals surface area contributed by atoms with Crippen molar-refractivity contribution in [2.45, 2.75) is 43.5 Å². The zero-order valence-electron chi connectivity index (χ0n) is 16.3. The Kier molecular flexibility index (Phi) is 7.20. The molecular weight excluding hydrogens is 476 g/mol. The van der Waals surface area contributed by atoms with Gasteiger partial charge in [-0.3, -0.25) is 4.79 Å². The first-order chi connectivity index (χ1) is 14.5. The Bertz CT molecular complexity index is 1110. The van der Waals surface area contributed by atoms with Crippen LogP contribution in [0.15, 0.2) is 29.2 Å². The normalized spacial score (nSPS) is 19.3. The molecule has 0 aromatic heterocycles. The molecule has 0 bridgehead atoms. The van der Waals surface area contributed by atoms with Gasteiger partial charge in [0, 0.05) is 17.8 Å². The molecule has 11 heteroatoms. The average molecular weight is 495 g/mol. The van der Waals surface area contributed by atoms with E-state index >= 15 is 0 Å². The van der Waals surface area contributed by atoms with Gasteiger partial charge in [-0.1, -0.05) is 43.0 Å². The summed E-state index contributed by atoms with van der Waals surface area (Å²) in [6, 6.07) is 2.84. The molecule has 0 spiro atoms. The number of carbonyl (C=O) groups is 1. The van der Waals surface area contributed by atoms with Gasteiger partial charge in [-0.15, -0.1) is 0 Å². The monoisotopic (exact) mass is 494 g/mol. The molecule has 2 aromatic rings. The maximum absolute atomic E-state index is 14.5. The van der Waals surface area contributed by atoms with Gasteiger partial charge in [0.2, 0.25) is 10.0 Å². The van der Waals surface area contributed by atoms with Gasteiger partial charge in [0.1, 0.15) is 10.7 Å². The Morgan fingerprint density at radius 2 is 1.68 bits per heavy atom. The van der Waals surface area contributed by atoms with Crippen LogP contribution in [-0.4, -0.2) is 20.4 Å². The lowest BCUT2D eigenvalue weighted by atomic mass is 9.87. The highest BCUT2D eigenvalue weighted by Crippen LogP contribution is 2.29. The summed E-state index contributed by atoms with van der Waals surface area (Å²) in [7, 11) is -4.28. The minimum atomic E-state index is -4.28. The van der Waals surface area contributed by atoms with Crippen molar-refractivity contribution in [2.75, 3.05) is 5.32 Å². The summed E-state index contributed by atoms with van der Waals surface area (Å²) in [5, 5.41) is 1.33. The first kappa shape index (κ1) is 23.8. The van der Waals surface area contributed by atoms with E-state index in [1.165, 1.54) is 0 Å². The molecule has 2 atom stereocenters. The van der Waals surface area contributed by atoms with E-state index in [9.17, 15) is 26.4 Å². The molecule has 2 unspecified atom stereocenters. The fraction of sp³-hybridized carbons (Fsp3) is 0.350. The highest BCUT2D eigenvalue weighted by molar-refractivity contribution is 7.89. The summed E-state index contributed by atoms with van der Waals surface area (Å²) in [5.41, 5.74) is -0.547. The van der Waals surface area contributed by atoms with E-state index in [4.69, 9.17) is 23.2 Å². The number of rotatable bonds is 5. The summed E-state index contributed by atoms with van der Waals surface area (Å²) in [5.74, 6) is -4.55.